The SMILES string of the molecule is Cc1ccccc1-c1ccccc1C(=O)N1CCCC(n2cncn2)C1. The Morgan fingerprint density at radius 3 is 2.62 bits per heavy atom. The van der Waals surface area contributed by atoms with Gasteiger partial charge in [-0.05, 0) is 42.5 Å². The van der Waals surface area contributed by atoms with Crippen LogP contribution in [0, 0.1) is 6.92 Å². The van der Waals surface area contributed by atoms with Crippen LogP contribution < -0.4 is 0 Å². The zero-order chi connectivity index (χ0) is 17.9. The Bertz CT molecular complexity index is 904. The highest BCUT2D eigenvalue weighted by Gasteiger charge is 2.27. The number of carbonyl (C=O) groups excluding carboxylic acids is 1. The van der Waals surface area contributed by atoms with Crippen LogP contribution in [-0.4, -0.2) is 38.7 Å². The van der Waals surface area contributed by atoms with E-state index in [4.69, 9.17) is 0 Å². The molecule has 1 aliphatic rings. The van der Waals surface area contributed by atoms with Crippen molar-refractivity contribution in [3.05, 3.63) is 72.3 Å². The van der Waals surface area contributed by atoms with Crippen molar-refractivity contribution in [2.45, 2.75) is 25.8 Å². The van der Waals surface area contributed by atoms with Crippen LogP contribution in [-0.2, 0) is 0 Å². The molecule has 26 heavy (non-hydrogen) atoms. The molecule has 0 radical (unpaired) electrons. The summed E-state index contributed by atoms with van der Waals surface area (Å²) < 4.78 is 1.87. The quantitative estimate of drug-likeness (QED) is 0.726. The maximum Gasteiger partial charge on any atom is 0.254 e. The summed E-state index contributed by atoms with van der Waals surface area (Å²) >= 11 is 0. The molecule has 2 heterocycles. The summed E-state index contributed by atoms with van der Waals surface area (Å²) in [5.74, 6) is 0.0914. The number of hydrogen-bond donors (Lipinski definition) is 0. The fourth-order valence-electron chi connectivity index (χ4n) is 3.71. The molecule has 4 rings (SSSR count). The minimum Gasteiger partial charge on any atom is -0.336 e. The number of nitrogens with zero attached hydrogens (tertiary/aromatic N) is 4. The van der Waals surface area contributed by atoms with Gasteiger partial charge in [-0.3, -0.25) is 4.79 Å². The molecule has 0 bridgehead atoms. The molecule has 1 fully saturated rings. The van der Waals surface area contributed by atoms with E-state index in [1.165, 1.54) is 5.56 Å². The Balaban J connectivity index is 1.64. The van der Waals surface area contributed by atoms with Crippen molar-refractivity contribution >= 4 is 5.91 Å². The first-order valence-corrected chi connectivity index (χ1v) is 9.02. The minimum absolute atomic E-state index is 0.0914. The summed E-state index contributed by atoms with van der Waals surface area (Å²) in [7, 11) is 0. The van der Waals surface area contributed by atoms with Crippen LogP contribution in [0.5, 0.6) is 0 Å². The molecule has 1 aromatic heterocycles. The predicted octanol–water partition coefficient (Wildman–Crippen LogP) is 3.73. The highest BCUT2D eigenvalue weighted by atomic mass is 16.2. The Morgan fingerprint density at radius 2 is 1.85 bits per heavy atom. The molecule has 0 aliphatic carbocycles. The fraction of sp³-hybridized carbons (Fsp3) is 0.286. The highest BCUT2D eigenvalue weighted by molar-refractivity contribution is 6.01. The first-order valence-electron chi connectivity index (χ1n) is 9.02. The molecule has 1 amide bonds. The number of benzene rings is 2. The summed E-state index contributed by atoms with van der Waals surface area (Å²) in [5, 5.41) is 4.25. The topological polar surface area (TPSA) is 51.0 Å². The third-order valence-corrected chi connectivity index (χ3v) is 5.09. The third kappa shape index (κ3) is 3.12. The zero-order valence-corrected chi connectivity index (χ0v) is 14.9. The van der Waals surface area contributed by atoms with Crippen molar-refractivity contribution in [3.8, 4) is 11.1 Å². The number of likely N-dealkylation sites (tertiary alicyclic amines) is 1. The number of rotatable bonds is 3. The lowest BCUT2D eigenvalue weighted by Gasteiger charge is -2.33. The average molecular weight is 346 g/mol. The summed E-state index contributed by atoms with van der Waals surface area (Å²) in [6.07, 6.45) is 5.28. The predicted molar refractivity (Wildman–Crippen MR) is 101 cm³/mol. The second-order valence-corrected chi connectivity index (χ2v) is 6.78. The van der Waals surface area contributed by atoms with Gasteiger partial charge in [0.25, 0.3) is 5.91 Å². The first-order chi connectivity index (χ1) is 12.7. The Hall–Kier alpha value is -2.95. The van der Waals surface area contributed by atoms with E-state index in [9.17, 15) is 4.79 Å². The van der Waals surface area contributed by atoms with Gasteiger partial charge in [0.2, 0.25) is 0 Å². The molecule has 5 nitrogen and oxygen atoms in total. The summed E-state index contributed by atoms with van der Waals surface area (Å²) in [4.78, 5) is 19.3. The van der Waals surface area contributed by atoms with E-state index in [-0.39, 0.29) is 11.9 Å². The van der Waals surface area contributed by atoms with E-state index in [0.29, 0.717) is 6.54 Å². The van der Waals surface area contributed by atoms with E-state index in [1.807, 2.05) is 46.0 Å². The van der Waals surface area contributed by atoms with Gasteiger partial charge < -0.3 is 4.90 Å². The average Bonchev–Trinajstić information content (AvgIpc) is 3.23. The monoisotopic (exact) mass is 346 g/mol. The van der Waals surface area contributed by atoms with Gasteiger partial charge in [-0.15, -0.1) is 0 Å². The number of piperidine rings is 1. The lowest BCUT2D eigenvalue weighted by atomic mass is 9.94. The normalized spacial score (nSPS) is 17.3. The Morgan fingerprint density at radius 1 is 1.08 bits per heavy atom. The van der Waals surface area contributed by atoms with Gasteiger partial charge in [-0.2, -0.15) is 5.10 Å². The van der Waals surface area contributed by atoms with Crippen molar-refractivity contribution in [1.82, 2.24) is 19.7 Å². The van der Waals surface area contributed by atoms with Crippen LogP contribution in [0.25, 0.3) is 11.1 Å². The lowest BCUT2D eigenvalue weighted by molar-refractivity contribution is 0.0673. The molecule has 1 unspecified atom stereocenters. The molecular formula is C21H22N4O. The standard InChI is InChI=1S/C21H22N4O/c1-16-7-2-3-9-18(16)19-10-4-5-11-20(19)21(26)24-12-6-8-17(13-24)25-15-22-14-23-25/h2-5,7,9-11,14-15,17H,6,8,12-13H2,1H3. The Kier molecular flexibility index (Phi) is 4.52. The third-order valence-electron chi connectivity index (χ3n) is 5.09. The van der Waals surface area contributed by atoms with Gasteiger partial charge in [0, 0.05) is 18.7 Å². The molecule has 1 atom stereocenters. The van der Waals surface area contributed by atoms with Gasteiger partial charge in [0.05, 0.1) is 6.04 Å². The van der Waals surface area contributed by atoms with Crippen LogP contribution in [0.15, 0.2) is 61.2 Å². The number of aromatic nitrogens is 3. The smallest absolute Gasteiger partial charge is 0.254 e. The summed E-state index contributed by atoms with van der Waals surface area (Å²) in [5.41, 5.74) is 4.05. The van der Waals surface area contributed by atoms with E-state index in [0.717, 1.165) is 36.1 Å². The lowest BCUT2D eigenvalue weighted by Crippen LogP contribution is -2.41. The van der Waals surface area contributed by atoms with Crippen LogP contribution >= 0.6 is 0 Å². The molecule has 0 spiro atoms. The maximum absolute atomic E-state index is 13.3. The van der Waals surface area contributed by atoms with Gasteiger partial charge in [-0.1, -0.05) is 42.5 Å². The van der Waals surface area contributed by atoms with Crippen LogP contribution in [0.2, 0.25) is 0 Å². The highest BCUT2D eigenvalue weighted by Crippen LogP contribution is 2.29. The van der Waals surface area contributed by atoms with Crippen LogP contribution in [0.1, 0.15) is 34.8 Å². The largest absolute Gasteiger partial charge is 0.336 e. The second kappa shape index (κ2) is 7.12. The van der Waals surface area contributed by atoms with E-state index in [1.54, 1.807) is 12.7 Å². The molecule has 0 saturated carbocycles. The number of amides is 1. The molecular weight excluding hydrogens is 324 g/mol. The fourth-order valence-corrected chi connectivity index (χ4v) is 3.71. The van der Waals surface area contributed by atoms with Gasteiger partial charge in [0.1, 0.15) is 12.7 Å². The summed E-state index contributed by atoms with van der Waals surface area (Å²) in [6, 6.07) is 16.3. The minimum atomic E-state index is 0.0914. The second-order valence-electron chi connectivity index (χ2n) is 6.78. The molecule has 1 saturated heterocycles. The Labute approximate surface area is 153 Å². The molecule has 5 heteroatoms. The van der Waals surface area contributed by atoms with Gasteiger partial charge in [0.15, 0.2) is 0 Å². The van der Waals surface area contributed by atoms with Crippen molar-refractivity contribution in [1.29, 1.82) is 0 Å². The van der Waals surface area contributed by atoms with Gasteiger partial charge in [-0.25, -0.2) is 9.67 Å². The van der Waals surface area contributed by atoms with Crippen LogP contribution in [0.4, 0.5) is 0 Å². The molecule has 0 N–H and O–H groups in total. The van der Waals surface area contributed by atoms with Crippen molar-refractivity contribution in [3.63, 3.8) is 0 Å². The van der Waals surface area contributed by atoms with Crippen molar-refractivity contribution in [2.75, 3.05) is 13.1 Å². The number of carbonyl (C=O) groups is 1. The number of aryl methyl sites for hydroxylation is 1. The zero-order valence-electron chi connectivity index (χ0n) is 14.9. The van der Waals surface area contributed by atoms with Crippen LogP contribution in [0.3, 0.4) is 0 Å². The van der Waals surface area contributed by atoms with Gasteiger partial charge >= 0.3 is 0 Å². The molecule has 2 aromatic carbocycles. The maximum atomic E-state index is 13.3. The van der Waals surface area contributed by atoms with E-state index >= 15 is 0 Å². The van der Waals surface area contributed by atoms with Crippen molar-refractivity contribution < 1.29 is 4.79 Å². The van der Waals surface area contributed by atoms with E-state index < -0.39 is 0 Å². The van der Waals surface area contributed by atoms with Crippen molar-refractivity contribution in [2.24, 2.45) is 0 Å². The van der Waals surface area contributed by atoms with E-state index in [2.05, 4.69) is 29.1 Å². The molecule has 3 aromatic rings. The molecule has 132 valence electrons. The number of hydrogen-bond acceptors (Lipinski definition) is 3. The molecule has 1 aliphatic heterocycles. The summed E-state index contributed by atoms with van der Waals surface area (Å²) in [6.45, 7) is 3.54. The first kappa shape index (κ1) is 16.5.